The van der Waals surface area contributed by atoms with Crippen molar-refractivity contribution >= 4 is 26.9 Å². The Labute approximate surface area is 137 Å². The average molecular weight is 334 g/mol. The largest absolute Gasteiger partial charge is 0.353 e. The first-order chi connectivity index (χ1) is 10.9. The number of piperidine rings is 1. The van der Waals surface area contributed by atoms with Gasteiger partial charge < -0.3 is 4.90 Å². The number of aromatic nitrogens is 2. The summed E-state index contributed by atoms with van der Waals surface area (Å²) in [5.41, 5.74) is 2.63. The standard InChI is InChI=1S/C16H22N4O2S/c1-12-16(18-15-9-5-4-8-14(15)17-12)20-10-6-7-13(11-20)19(2)23(3,21)22/h4-5,8-9,13H,6-7,10-11H2,1-3H3. The van der Waals surface area contributed by atoms with E-state index < -0.39 is 10.0 Å². The molecule has 124 valence electrons. The monoisotopic (exact) mass is 334 g/mol. The van der Waals surface area contributed by atoms with Crippen molar-refractivity contribution in [3.05, 3.63) is 30.0 Å². The van der Waals surface area contributed by atoms with Crippen LogP contribution in [0.25, 0.3) is 11.0 Å². The Bertz CT molecular complexity index is 822. The lowest BCUT2D eigenvalue weighted by molar-refractivity contribution is 0.321. The lowest BCUT2D eigenvalue weighted by Crippen LogP contribution is -2.48. The molecule has 1 unspecified atom stereocenters. The maximum Gasteiger partial charge on any atom is 0.211 e. The van der Waals surface area contributed by atoms with Crippen LogP contribution in [0.2, 0.25) is 0 Å². The molecule has 0 bridgehead atoms. The first-order valence-electron chi connectivity index (χ1n) is 7.77. The summed E-state index contributed by atoms with van der Waals surface area (Å²) in [5, 5.41) is 0. The number of benzene rings is 1. The van der Waals surface area contributed by atoms with Gasteiger partial charge in [0.15, 0.2) is 5.82 Å². The molecule has 2 aromatic rings. The van der Waals surface area contributed by atoms with Gasteiger partial charge in [-0.1, -0.05) is 12.1 Å². The fourth-order valence-electron chi connectivity index (χ4n) is 3.09. The molecule has 0 N–H and O–H groups in total. The summed E-state index contributed by atoms with van der Waals surface area (Å²) in [6, 6.07) is 7.79. The van der Waals surface area contributed by atoms with Crippen LogP contribution >= 0.6 is 0 Å². The van der Waals surface area contributed by atoms with E-state index in [1.807, 2.05) is 31.2 Å². The molecule has 1 fully saturated rings. The van der Waals surface area contributed by atoms with Crippen LogP contribution in [0.3, 0.4) is 0 Å². The second kappa shape index (κ2) is 6.05. The lowest BCUT2D eigenvalue weighted by atomic mass is 10.1. The molecular formula is C16H22N4O2S. The summed E-state index contributed by atoms with van der Waals surface area (Å²) in [6.07, 6.45) is 3.08. The summed E-state index contributed by atoms with van der Waals surface area (Å²) in [7, 11) is -1.53. The van der Waals surface area contributed by atoms with Gasteiger partial charge in [-0.05, 0) is 31.9 Å². The third-order valence-electron chi connectivity index (χ3n) is 4.45. The number of hydrogen-bond donors (Lipinski definition) is 0. The third kappa shape index (κ3) is 3.30. The number of hydrogen-bond acceptors (Lipinski definition) is 5. The van der Waals surface area contributed by atoms with Crippen LogP contribution in [0.1, 0.15) is 18.5 Å². The Morgan fingerprint density at radius 2 is 1.87 bits per heavy atom. The highest BCUT2D eigenvalue weighted by molar-refractivity contribution is 7.88. The van der Waals surface area contributed by atoms with Crippen LogP contribution in [0.4, 0.5) is 5.82 Å². The number of para-hydroxylation sites is 2. The molecule has 0 radical (unpaired) electrons. The molecule has 23 heavy (non-hydrogen) atoms. The SMILES string of the molecule is Cc1nc2ccccc2nc1N1CCCC(N(C)S(C)(=O)=O)C1. The molecule has 0 spiro atoms. The van der Waals surface area contributed by atoms with E-state index >= 15 is 0 Å². The van der Waals surface area contributed by atoms with Gasteiger partial charge in [0, 0.05) is 26.2 Å². The Kier molecular flexibility index (Phi) is 4.25. The van der Waals surface area contributed by atoms with Crippen LogP contribution in [-0.2, 0) is 10.0 Å². The highest BCUT2D eigenvalue weighted by atomic mass is 32.2. The molecule has 1 aromatic carbocycles. The minimum absolute atomic E-state index is 0.0218. The first kappa shape index (κ1) is 16.1. The number of fused-ring (bicyclic) bond motifs is 1. The predicted molar refractivity (Wildman–Crippen MR) is 92.1 cm³/mol. The second-order valence-electron chi connectivity index (χ2n) is 6.14. The molecule has 3 rings (SSSR count). The van der Waals surface area contributed by atoms with Gasteiger partial charge in [-0.25, -0.2) is 22.7 Å². The van der Waals surface area contributed by atoms with Crippen molar-refractivity contribution in [2.45, 2.75) is 25.8 Å². The number of nitrogens with zero attached hydrogens (tertiary/aromatic N) is 4. The molecule has 0 aliphatic carbocycles. The van der Waals surface area contributed by atoms with Gasteiger partial charge in [0.2, 0.25) is 10.0 Å². The molecule has 1 atom stereocenters. The van der Waals surface area contributed by atoms with Crippen molar-refractivity contribution in [2.24, 2.45) is 0 Å². The fraction of sp³-hybridized carbons (Fsp3) is 0.500. The molecule has 0 saturated carbocycles. The number of aryl methyl sites for hydroxylation is 1. The van der Waals surface area contributed by atoms with Crippen LogP contribution in [0.15, 0.2) is 24.3 Å². The number of sulfonamides is 1. The van der Waals surface area contributed by atoms with E-state index in [9.17, 15) is 8.42 Å². The first-order valence-corrected chi connectivity index (χ1v) is 9.62. The van der Waals surface area contributed by atoms with Crippen LogP contribution in [-0.4, -0.2) is 55.1 Å². The van der Waals surface area contributed by atoms with E-state index in [0.717, 1.165) is 41.9 Å². The Hall–Kier alpha value is -1.73. The van der Waals surface area contributed by atoms with Crippen LogP contribution < -0.4 is 4.90 Å². The number of rotatable bonds is 3. The summed E-state index contributed by atoms with van der Waals surface area (Å²) < 4.78 is 25.1. The minimum atomic E-state index is -3.18. The van der Waals surface area contributed by atoms with Crippen molar-refractivity contribution < 1.29 is 8.42 Å². The summed E-state index contributed by atoms with van der Waals surface area (Å²) in [4.78, 5) is 11.5. The van der Waals surface area contributed by atoms with Gasteiger partial charge in [-0.15, -0.1) is 0 Å². The van der Waals surface area contributed by atoms with E-state index in [1.54, 1.807) is 7.05 Å². The van der Waals surface area contributed by atoms with Gasteiger partial charge in [0.1, 0.15) is 0 Å². The zero-order valence-electron chi connectivity index (χ0n) is 13.7. The normalized spacial score (nSPS) is 19.5. The topological polar surface area (TPSA) is 66.4 Å². The van der Waals surface area contributed by atoms with Gasteiger partial charge in [0.05, 0.1) is 23.0 Å². The fourth-order valence-corrected chi connectivity index (χ4v) is 3.81. The van der Waals surface area contributed by atoms with E-state index in [0.29, 0.717) is 6.54 Å². The second-order valence-corrected chi connectivity index (χ2v) is 8.18. The van der Waals surface area contributed by atoms with Crippen molar-refractivity contribution in [3.8, 4) is 0 Å². The Balaban J connectivity index is 1.91. The van der Waals surface area contributed by atoms with Gasteiger partial charge in [0.25, 0.3) is 0 Å². The molecular weight excluding hydrogens is 312 g/mol. The summed E-state index contributed by atoms with van der Waals surface area (Å²) in [5.74, 6) is 0.857. The van der Waals surface area contributed by atoms with E-state index in [1.165, 1.54) is 10.6 Å². The highest BCUT2D eigenvalue weighted by Gasteiger charge is 2.29. The van der Waals surface area contributed by atoms with Crippen LogP contribution in [0, 0.1) is 6.92 Å². The highest BCUT2D eigenvalue weighted by Crippen LogP contribution is 2.25. The maximum atomic E-state index is 11.8. The van der Waals surface area contributed by atoms with E-state index in [-0.39, 0.29) is 6.04 Å². The Morgan fingerprint density at radius 3 is 2.52 bits per heavy atom. The zero-order chi connectivity index (χ0) is 16.6. The minimum Gasteiger partial charge on any atom is -0.353 e. The molecule has 7 heteroatoms. The molecule has 0 amide bonds. The lowest BCUT2D eigenvalue weighted by Gasteiger charge is -2.37. The van der Waals surface area contributed by atoms with E-state index in [4.69, 9.17) is 4.98 Å². The van der Waals surface area contributed by atoms with Gasteiger partial charge in [-0.3, -0.25) is 0 Å². The summed E-state index contributed by atoms with van der Waals surface area (Å²) in [6.45, 7) is 3.48. The molecule has 1 aliphatic rings. The predicted octanol–water partition coefficient (Wildman–Crippen LogP) is 1.80. The average Bonchev–Trinajstić information content (AvgIpc) is 2.52. The summed E-state index contributed by atoms with van der Waals surface area (Å²) >= 11 is 0. The molecule has 1 aromatic heterocycles. The van der Waals surface area contributed by atoms with Gasteiger partial charge in [-0.2, -0.15) is 0 Å². The maximum absolute atomic E-state index is 11.8. The van der Waals surface area contributed by atoms with Crippen molar-refractivity contribution in [2.75, 3.05) is 31.3 Å². The smallest absolute Gasteiger partial charge is 0.211 e. The molecule has 1 saturated heterocycles. The van der Waals surface area contributed by atoms with Crippen LogP contribution in [0.5, 0.6) is 0 Å². The van der Waals surface area contributed by atoms with Crippen molar-refractivity contribution in [1.82, 2.24) is 14.3 Å². The van der Waals surface area contributed by atoms with E-state index in [2.05, 4.69) is 9.88 Å². The Morgan fingerprint density at radius 1 is 1.22 bits per heavy atom. The molecule has 2 heterocycles. The van der Waals surface area contributed by atoms with Gasteiger partial charge >= 0.3 is 0 Å². The number of anilines is 1. The zero-order valence-corrected chi connectivity index (χ0v) is 14.5. The van der Waals surface area contributed by atoms with Crippen molar-refractivity contribution in [1.29, 1.82) is 0 Å². The van der Waals surface area contributed by atoms with Crippen molar-refractivity contribution in [3.63, 3.8) is 0 Å². The number of likely N-dealkylation sites (N-methyl/N-ethyl adjacent to an activating group) is 1. The third-order valence-corrected chi connectivity index (χ3v) is 5.80. The quantitative estimate of drug-likeness (QED) is 0.856. The molecule has 1 aliphatic heterocycles. The molecule has 6 nitrogen and oxygen atoms in total.